The predicted octanol–water partition coefficient (Wildman–Crippen LogP) is 10.7. The molecule has 0 spiro atoms. The number of carbonyl (C=O) groups excluding carboxylic acids is 1. The number of allylic oxidation sites excluding steroid dienone is 1. The molecule has 2 aromatic heterocycles. The van der Waals surface area contributed by atoms with Crippen LogP contribution in [0.1, 0.15) is 79.2 Å². The Labute approximate surface area is 326 Å². The average Bonchev–Trinajstić information content (AvgIpc) is 3.55. The molecule has 3 aromatic carbocycles. The summed E-state index contributed by atoms with van der Waals surface area (Å²) >= 11 is 19.6. The van der Waals surface area contributed by atoms with Crippen LogP contribution in [0.5, 0.6) is 0 Å². The number of hydrogen-bond acceptors (Lipinski definition) is 6. The Hall–Kier alpha value is -4.34. The van der Waals surface area contributed by atoms with Crippen LogP contribution < -0.4 is 10.2 Å². The molecular weight excluding hydrogens is 725 g/mol. The highest BCUT2D eigenvalue weighted by molar-refractivity contribution is 6.35. The number of aromatic nitrogens is 3. The van der Waals surface area contributed by atoms with Crippen LogP contribution in [-0.4, -0.2) is 62.9 Å². The van der Waals surface area contributed by atoms with Crippen LogP contribution in [-0.2, 0) is 0 Å². The van der Waals surface area contributed by atoms with Gasteiger partial charge in [0.15, 0.2) is 5.82 Å². The molecule has 1 saturated heterocycles. The second-order valence-corrected chi connectivity index (χ2v) is 15.1. The zero-order valence-electron chi connectivity index (χ0n) is 30.1. The molecule has 274 valence electrons. The molecule has 2 N–H and O–H groups in total. The second kappa shape index (κ2) is 16.4. The standard InChI is InChI=1S/C42H44Cl3N7O/c1-4-52(28(3)33-17-15-30(43)23-35(33)45)40(27(2)29-11-7-5-8-12-29)38-34-18-16-31(44)24-36(34)48-39(38)42(53)49-37-25-46-26-47-41(37)51-21-19-50(20-22-51)32-13-9-6-10-14-32/h4-5,7-8,11-12,15-18,23-26,28,32,48H,1,6,9-10,13-14,19-22H2,2-3H3,(H,49,53)/b40-27+. The number of H-pyrrole nitrogens is 1. The first kappa shape index (κ1) is 37.0. The number of anilines is 2. The first-order valence-electron chi connectivity index (χ1n) is 18.3. The summed E-state index contributed by atoms with van der Waals surface area (Å²) in [7, 11) is 0. The Kier molecular flexibility index (Phi) is 11.4. The molecule has 2 fully saturated rings. The molecule has 3 heterocycles. The lowest BCUT2D eigenvalue weighted by Gasteiger charge is -2.41. The fraction of sp³-hybridized carbons (Fsp3) is 0.310. The molecule has 1 saturated carbocycles. The topological polar surface area (TPSA) is 80.4 Å². The van der Waals surface area contributed by atoms with E-state index in [4.69, 9.17) is 34.8 Å². The molecule has 53 heavy (non-hydrogen) atoms. The van der Waals surface area contributed by atoms with Crippen LogP contribution in [0.2, 0.25) is 15.1 Å². The molecule has 0 bridgehead atoms. The Morgan fingerprint density at radius 2 is 1.70 bits per heavy atom. The largest absolute Gasteiger partial charge is 0.352 e. The summed E-state index contributed by atoms with van der Waals surface area (Å²) in [6.07, 6.45) is 11.5. The Morgan fingerprint density at radius 3 is 2.42 bits per heavy atom. The van der Waals surface area contributed by atoms with Crippen LogP contribution >= 0.6 is 34.8 Å². The van der Waals surface area contributed by atoms with Crippen molar-refractivity contribution in [2.75, 3.05) is 36.4 Å². The third-order valence-electron chi connectivity index (χ3n) is 10.7. The number of nitrogens with zero attached hydrogens (tertiary/aromatic N) is 5. The lowest BCUT2D eigenvalue weighted by Crippen LogP contribution is -2.51. The molecule has 2 aliphatic rings. The van der Waals surface area contributed by atoms with E-state index in [0.717, 1.165) is 59.5 Å². The van der Waals surface area contributed by atoms with Gasteiger partial charge in [-0.2, -0.15) is 0 Å². The number of carbonyl (C=O) groups is 1. The van der Waals surface area contributed by atoms with Gasteiger partial charge in [-0.1, -0.05) is 103 Å². The van der Waals surface area contributed by atoms with Crippen molar-refractivity contribution in [3.8, 4) is 0 Å². The summed E-state index contributed by atoms with van der Waals surface area (Å²) in [6, 6.07) is 21.6. The predicted molar refractivity (Wildman–Crippen MR) is 220 cm³/mol. The number of piperazine rings is 1. The van der Waals surface area contributed by atoms with E-state index in [-0.39, 0.29) is 11.9 Å². The van der Waals surface area contributed by atoms with E-state index in [1.807, 2.05) is 48.5 Å². The zero-order chi connectivity index (χ0) is 37.1. The van der Waals surface area contributed by atoms with Crippen LogP contribution in [0.15, 0.2) is 92.0 Å². The number of fused-ring (bicyclic) bond motifs is 1. The highest BCUT2D eigenvalue weighted by atomic mass is 35.5. The number of aromatic amines is 1. The van der Waals surface area contributed by atoms with Gasteiger partial charge >= 0.3 is 0 Å². The van der Waals surface area contributed by atoms with E-state index in [1.165, 1.54) is 32.1 Å². The highest BCUT2D eigenvalue weighted by Gasteiger charge is 2.31. The van der Waals surface area contributed by atoms with E-state index < -0.39 is 0 Å². The number of amides is 1. The van der Waals surface area contributed by atoms with Crippen LogP contribution in [0, 0.1) is 0 Å². The van der Waals surface area contributed by atoms with Crippen LogP contribution in [0.3, 0.4) is 0 Å². The van der Waals surface area contributed by atoms with E-state index in [2.05, 4.69) is 67.5 Å². The van der Waals surface area contributed by atoms with E-state index >= 15 is 0 Å². The van der Waals surface area contributed by atoms with Crippen LogP contribution in [0.4, 0.5) is 11.5 Å². The van der Waals surface area contributed by atoms with Gasteiger partial charge < -0.3 is 20.1 Å². The lowest BCUT2D eigenvalue weighted by molar-refractivity contribution is 0.102. The summed E-state index contributed by atoms with van der Waals surface area (Å²) in [5, 5.41) is 5.66. The summed E-state index contributed by atoms with van der Waals surface area (Å²) in [4.78, 5) is 34.1. The summed E-state index contributed by atoms with van der Waals surface area (Å²) in [6.45, 7) is 12.0. The lowest BCUT2D eigenvalue weighted by atomic mass is 9.94. The van der Waals surface area contributed by atoms with Crippen molar-refractivity contribution >= 4 is 74.4 Å². The van der Waals surface area contributed by atoms with Gasteiger partial charge in [0.1, 0.15) is 17.7 Å². The van der Waals surface area contributed by atoms with Crippen molar-refractivity contribution in [1.29, 1.82) is 0 Å². The molecule has 1 unspecified atom stereocenters. The fourth-order valence-corrected chi connectivity index (χ4v) is 8.69. The molecule has 0 radical (unpaired) electrons. The average molecular weight is 769 g/mol. The van der Waals surface area contributed by atoms with Crippen molar-refractivity contribution in [3.63, 3.8) is 0 Å². The van der Waals surface area contributed by atoms with Crippen LogP contribution in [0.25, 0.3) is 22.2 Å². The van der Waals surface area contributed by atoms with Crippen molar-refractivity contribution < 1.29 is 4.79 Å². The van der Waals surface area contributed by atoms with E-state index in [0.29, 0.717) is 43.9 Å². The number of nitrogens with one attached hydrogen (secondary N) is 2. The minimum atomic E-state index is -0.330. The maximum atomic E-state index is 14.7. The first-order chi connectivity index (χ1) is 25.7. The molecule has 1 aliphatic heterocycles. The Bertz CT molecular complexity index is 2140. The number of rotatable bonds is 10. The smallest absolute Gasteiger partial charge is 0.272 e. The number of halogens is 3. The van der Waals surface area contributed by atoms with Gasteiger partial charge in [0, 0.05) is 63.8 Å². The SMILES string of the molecule is C=CN(/C(=C(\C)c1ccccc1)c1c(C(=O)Nc2cncnc2N2CCN(C3CCCCC3)CC2)[nH]c2cc(Cl)ccc12)C(C)c1ccc(Cl)cc1Cl. The minimum Gasteiger partial charge on any atom is -0.352 e. The summed E-state index contributed by atoms with van der Waals surface area (Å²) in [5.74, 6) is 0.385. The highest BCUT2D eigenvalue weighted by Crippen LogP contribution is 2.42. The molecule has 11 heteroatoms. The normalized spacial score (nSPS) is 16.7. The third-order valence-corrected chi connectivity index (χ3v) is 11.5. The van der Waals surface area contributed by atoms with Gasteiger partial charge in [0.2, 0.25) is 0 Å². The number of hydrogen-bond donors (Lipinski definition) is 2. The Morgan fingerprint density at radius 1 is 0.981 bits per heavy atom. The van der Waals surface area contributed by atoms with Gasteiger partial charge in [0.25, 0.3) is 5.91 Å². The molecule has 1 amide bonds. The monoisotopic (exact) mass is 767 g/mol. The third kappa shape index (κ3) is 7.83. The number of benzene rings is 3. The summed E-state index contributed by atoms with van der Waals surface area (Å²) in [5.41, 5.74) is 5.91. The van der Waals surface area contributed by atoms with Gasteiger partial charge in [-0.3, -0.25) is 9.69 Å². The quantitative estimate of drug-likeness (QED) is 0.147. The second-order valence-electron chi connectivity index (χ2n) is 13.9. The Balaban J connectivity index is 1.30. The molecular formula is C42H44Cl3N7O. The molecule has 7 rings (SSSR count). The summed E-state index contributed by atoms with van der Waals surface area (Å²) < 4.78 is 0. The maximum absolute atomic E-state index is 14.7. The molecule has 8 nitrogen and oxygen atoms in total. The van der Waals surface area contributed by atoms with Gasteiger partial charge in [-0.25, -0.2) is 9.97 Å². The molecule has 1 atom stereocenters. The van der Waals surface area contributed by atoms with Crippen molar-refractivity contribution in [2.45, 2.75) is 58.0 Å². The maximum Gasteiger partial charge on any atom is 0.272 e. The van der Waals surface area contributed by atoms with Gasteiger partial charge in [-0.15, -0.1) is 0 Å². The van der Waals surface area contributed by atoms with Crippen molar-refractivity contribution in [3.05, 3.63) is 129 Å². The van der Waals surface area contributed by atoms with Gasteiger partial charge in [-0.05, 0) is 73.9 Å². The fourth-order valence-electron chi connectivity index (χ4n) is 7.95. The molecule has 1 aliphatic carbocycles. The minimum absolute atomic E-state index is 0.291. The molecule has 5 aromatic rings. The first-order valence-corrected chi connectivity index (χ1v) is 19.4. The van der Waals surface area contributed by atoms with Crippen molar-refractivity contribution in [2.24, 2.45) is 0 Å². The van der Waals surface area contributed by atoms with Crippen molar-refractivity contribution in [1.82, 2.24) is 24.8 Å². The van der Waals surface area contributed by atoms with Gasteiger partial charge in [0.05, 0.1) is 17.9 Å². The van der Waals surface area contributed by atoms with E-state index in [9.17, 15) is 4.79 Å². The zero-order valence-corrected chi connectivity index (χ0v) is 32.4. The van der Waals surface area contributed by atoms with E-state index in [1.54, 1.807) is 24.8 Å².